The maximum absolute atomic E-state index is 14.1. The van der Waals surface area contributed by atoms with E-state index in [1.165, 1.54) is 25.0 Å². The molecule has 5 rings (SSSR count). The second-order valence-electron chi connectivity index (χ2n) is 6.83. The average molecular weight is 382 g/mol. The van der Waals surface area contributed by atoms with Crippen LogP contribution in [-0.4, -0.2) is 26.5 Å². The first-order valence-corrected chi connectivity index (χ1v) is 9.35. The maximum atomic E-state index is 14.1. The van der Waals surface area contributed by atoms with Crippen LogP contribution >= 0.6 is 11.6 Å². The molecule has 27 heavy (non-hydrogen) atoms. The van der Waals surface area contributed by atoms with Gasteiger partial charge in [0, 0.05) is 22.2 Å². The molecule has 1 aliphatic carbocycles. The van der Waals surface area contributed by atoms with E-state index in [-0.39, 0.29) is 5.82 Å². The Morgan fingerprint density at radius 3 is 2.78 bits per heavy atom. The maximum Gasteiger partial charge on any atom is 0.159 e. The van der Waals surface area contributed by atoms with E-state index in [1.54, 1.807) is 6.07 Å². The van der Waals surface area contributed by atoms with Gasteiger partial charge in [-0.25, -0.2) is 4.39 Å². The smallest absolute Gasteiger partial charge is 0.159 e. The molecule has 1 fully saturated rings. The topological polar surface area (TPSA) is 55.1 Å². The number of hydrogen-bond donors (Lipinski definition) is 1. The van der Waals surface area contributed by atoms with Crippen LogP contribution in [0.5, 0.6) is 0 Å². The lowest BCUT2D eigenvalue weighted by molar-refractivity contribution is 0.625. The summed E-state index contributed by atoms with van der Waals surface area (Å²) in [5.74, 6) is 1.22. The van der Waals surface area contributed by atoms with Crippen molar-refractivity contribution < 1.29 is 4.39 Å². The molecule has 1 saturated carbocycles. The Morgan fingerprint density at radius 1 is 1.11 bits per heavy atom. The average Bonchev–Trinajstić information content (AvgIpc) is 3.44. The summed E-state index contributed by atoms with van der Waals surface area (Å²) in [5, 5.41) is 12.7. The highest BCUT2D eigenvalue weighted by atomic mass is 35.5. The Labute approximate surface area is 160 Å². The summed E-state index contributed by atoms with van der Waals surface area (Å²) in [4.78, 5) is 4.72. The van der Waals surface area contributed by atoms with Gasteiger partial charge in [0.1, 0.15) is 12.4 Å². The zero-order valence-corrected chi connectivity index (χ0v) is 15.2. The molecule has 0 radical (unpaired) electrons. The first-order chi connectivity index (χ1) is 13.2. The number of benzene rings is 2. The molecule has 0 saturated heterocycles. The fourth-order valence-corrected chi connectivity index (χ4v) is 3.61. The molecule has 136 valence electrons. The predicted octanol–water partition coefficient (Wildman–Crippen LogP) is 3.66. The number of rotatable bonds is 4. The minimum absolute atomic E-state index is 0.317. The standard InChI is InChI=1S/C20H17ClFN5/c21-16-4-2-1-3-14(16)20-15-9-12(22)5-8-17(15)27-18(10-23-13-6-7-13)25-26-19(27)11-24-20/h1-5,8-9,13,23H,6-7,10-11H2. The van der Waals surface area contributed by atoms with Crippen molar-refractivity contribution in [2.45, 2.75) is 32.0 Å². The molecule has 2 aliphatic rings. The van der Waals surface area contributed by atoms with E-state index in [1.807, 2.05) is 28.8 Å². The van der Waals surface area contributed by atoms with Gasteiger partial charge in [-0.2, -0.15) is 0 Å². The van der Waals surface area contributed by atoms with E-state index < -0.39 is 0 Å². The summed E-state index contributed by atoms with van der Waals surface area (Å²) in [6.45, 7) is 0.975. The summed E-state index contributed by atoms with van der Waals surface area (Å²) in [6, 6.07) is 12.8. The van der Waals surface area contributed by atoms with Crippen molar-refractivity contribution in [1.82, 2.24) is 20.1 Å². The number of hydrogen-bond acceptors (Lipinski definition) is 4. The molecule has 2 aromatic carbocycles. The molecule has 2 heterocycles. The minimum Gasteiger partial charge on any atom is -0.307 e. The first-order valence-electron chi connectivity index (χ1n) is 8.97. The summed E-state index contributed by atoms with van der Waals surface area (Å²) in [5.41, 5.74) is 2.96. The van der Waals surface area contributed by atoms with Gasteiger partial charge in [0.2, 0.25) is 0 Å². The summed E-state index contributed by atoms with van der Waals surface area (Å²) in [7, 11) is 0. The Kier molecular flexibility index (Phi) is 4.02. The van der Waals surface area contributed by atoms with Crippen LogP contribution in [0.25, 0.3) is 5.69 Å². The Hall–Kier alpha value is -2.57. The fraction of sp³-hybridized carbons (Fsp3) is 0.250. The molecule has 0 spiro atoms. The van der Waals surface area contributed by atoms with Crippen molar-refractivity contribution in [1.29, 1.82) is 0 Å². The number of fused-ring (bicyclic) bond motifs is 3. The van der Waals surface area contributed by atoms with E-state index in [0.29, 0.717) is 35.4 Å². The molecular weight excluding hydrogens is 365 g/mol. The zero-order valence-electron chi connectivity index (χ0n) is 14.5. The van der Waals surface area contributed by atoms with Gasteiger partial charge in [0.05, 0.1) is 17.9 Å². The highest BCUT2D eigenvalue weighted by Gasteiger charge is 2.26. The fourth-order valence-electron chi connectivity index (χ4n) is 3.38. The first kappa shape index (κ1) is 16.6. The summed E-state index contributed by atoms with van der Waals surface area (Å²) in [6.07, 6.45) is 2.39. The Morgan fingerprint density at radius 2 is 1.96 bits per heavy atom. The molecule has 0 bridgehead atoms. The minimum atomic E-state index is -0.317. The van der Waals surface area contributed by atoms with Crippen LogP contribution < -0.4 is 5.32 Å². The lowest BCUT2D eigenvalue weighted by Gasteiger charge is -2.14. The molecule has 1 aliphatic heterocycles. The molecule has 1 N–H and O–H groups in total. The lowest BCUT2D eigenvalue weighted by atomic mass is 10.00. The van der Waals surface area contributed by atoms with Crippen molar-refractivity contribution >= 4 is 17.3 Å². The van der Waals surface area contributed by atoms with Gasteiger partial charge < -0.3 is 5.32 Å². The number of nitrogens with zero attached hydrogens (tertiary/aromatic N) is 4. The van der Waals surface area contributed by atoms with Gasteiger partial charge in [-0.3, -0.25) is 9.56 Å². The van der Waals surface area contributed by atoms with Crippen LogP contribution in [0, 0.1) is 5.82 Å². The Bertz CT molecular complexity index is 1050. The molecule has 3 aromatic rings. The molecular formula is C20H17ClFN5. The molecule has 0 unspecified atom stereocenters. The van der Waals surface area contributed by atoms with E-state index in [9.17, 15) is 4.39 Å². The van der Waals surface area contributed by atoms with E-state index in [4.69, 9.17) is 16.6 Å². The number of aliphatic imine (C=N–C) groups is 1. The van der Waals surface area contributed by atoms with Crippen LogP contribution in [0.15, 0.2) is 47.5 Å². The van der Waals surface area contributed by atoms with Gasteiger partial charge in [-0.05, 0) is 37.1 Å². The van der Waals surface area contributed by atoms with Gasteiger partial charge in [0.15, 0.2) is 11.6 Å². The largest absolute Gasteiger partial charge is 0.307 e. The molecule has 0 amide bonds. The third kappa shape index (κ3) is 3.05. The molecule has 5 nitrogen and oxygen atoms in total. The second-order valence-corrected chi connectivity index (χ2v) is 7.24. The van der Waals surface area contributed by atoms with Gasteiger partial charge in [-0.1, -0.05) is 29.8 Å². The number of halogens is 2. The van der Waals surface area contributed by atoms with Gasteiger partial charge >= 0.3 is 0 Å². The van der Waals surface area contributed by atoms with Crippen molar-refractivity contribution in [3.63, 3.8) is 0 Å². The van der Waals surface area contributed by atoms with Gasteiger partial charge in [0.25, 0.3) is 0 Å². The van der Waals surface area contributed by atoms with Crippen LogP contribution in [0.1, 0.15) is 35.6 Å². The van der Waals surface area contributed by atoms with Crippen LogP contribution in [-0.2, 0) is 13.1 Å². The monoisotopic (exact) mass is 381 g/mol. The van der Waals surface area contributed by atoms with Crippen molar-refractivity contribution in [2.24, 2.45) is 4.99 Å². The highest BCUT2D eigenvalue weighted by molar-refractivity contribution is 6.35. The zero-order chi connectivity index (χ0) is 18.4. The van der Waals surface area contributed by atoms with Crippen LogP contribution in [0.3, 0.4) is 0 Å². The van der Waals surface area contributed by atoms with Crippen LogP contribution in [0.4, 0.5) is 4.39 Å². The van der Waals surface area contributed by atoms with E-state index >= 15 is 0 Å². The second kappa shape index (κ2) is 6.55. The lowest BCUT2D eigenvalue weighted by Crippen LogP contribution is -2.19. The number of nitrogens with one attached hydrogen (secondary N) is 1. The third-order valence-electron chi connectivity index (χ3n) is 4.89. The third-order valence-corrected chi connectivity index (χ3v) is 5.22. The van der Waals surface area contributed by atoms with E-state index in [2.05, 4.69) is 15.5 Å². The summed E-state index contributed by atoms with van der Waals surface area (Å²) >= 11 is 6.41. The molecule has 0 atom stereocenters. The van der Waals surface area contributed by atoms with Crippen LogP contribution in [0.2, 0.25) is 5.02 Å². The van der Waals surface area contributed by atoms with Crippen molar-refractivity contribution in [3.8, 4) is 5.69 Å². The summed E-state index contributed by atoms with van der Waals surface area (Å²) < 4.78 is 16.1. The predicted molar refractivity (Wildman–Crippen MR) is 102 cm³/mol. The van der Waals surface area contributed by atoms with Gasteiger partial charge in [-0.15, -0.1) is 10.2 Å². The van der Waals surface area contributed by atoms with Crippen molar-refractivity contribution in [2.75, 3.05) is 0 Å². The molecule has 1 aromatic heterocycles. The highest BCUT2D eigenvalue weighted by Crippen LogP contribution is 2.29. The molecule has 7 heteroatoms. The number of aromatic nitrogens is 3. The quantitative estimate of drug-likeness (QED) is 0.750. The van der Waals surface area contributed by atoms with Crippen molar-refractivity contribution in [3.05, 3.63) is 76.1 Å². The normalized spacial score (nSPS) is 15.7. The SMILES string of the molecule is Fc1ccc2c(c1)C(c1ccccc1Cl)=NCc1nnc(CNC3CC3)n1-2. The Balaban J connectivity index is 1.66. The van der Waals surface area contributed by atoms with E-state index in [0.717, 1.165) is 22.9 Å².